The molecule has 0 saturated heterocycles. The first-order valence-corrected chi connectivity index (χ1v) is 6.44. The van der Waals surface area contributed by atoms with Crippen molar-refractivity contribution in [3.63, 3.8) is 0 Å². The van der Waals surface area contributed by atoms with Gasteiger partial charge in [0.1, 0.15) is 0 Å². The quantitative estimate of drug-likeness (QED) is 0.266. The molecule has 0 radical (unpaired) electrons. The van der Waals surface area contributed by atoms with Crippen LogP contribution in [-0.4, -0.2) is 33.3 Å². The smallest absolute Gasteiger partial charge is 0.281 e. The summed E-state index contributed by atoms with van der Waals surface area (Å²) in [7, 11) is 3.53. The van der Waals surface area contributed by atoms with Crippen molar-refractivity contribution in [1.82, 2.24) is 5.32 Å². The molecule has 100 valence electrons. The summed E-state index contributed by atoms with van der Waals surface area (Å²) < 4.78 is 4.75. The lowest BCUT2D eigenvalue weighted by Crippen LogP contribution is -2.13. The predicted octanol–water partition coefficient (Wildman–Crippen LogP) is 2.06. The largest absolute Gasteiger partial charge is 0.469 e. The fraction of sp³-hybridized carbons (Fsp3) is 0.769. The summed E-state index contributed by atoms with van der Waals surface area (Å²) in [6.45, 7) is 1.87. The Morgan fingerprint density at radius 1 is 1.18 bits per heavy atom. The van der Waals surface area contributed by atoms with E-state index in [0.29, 0.717) is 0 Å². The molecule has 0 rings (SSSR count). The molecule has 17 heavy (non-hydrogen) atoms. The molecule has 0 aromatic rings. The third-order valence-electron chi connectivity index (χ3n) is 2.47. The van der Waals surface area contributed by atoms with Crippen molar-refractivity contribution in [1.29, 1.82) is 0 Å². The number of aliphatic imine (C=N–C) groups is 1. The molecular weight excluding hydrogens is 214 g/mol. The molecule has 0 bridgehead atoms. The molecular formula is C13H27N3O. The van der Waals surface area contributed by atoms with Crippen molar-refractivity contribution < 1.29 is 4.74 Å². The Hall–Kier alpha value is -1.03. The van der Waals surface area contributed by atoms with Gasteiger partial charge in [-0.25, -0.2) is 4.99 Å². The Morgan fingerprint density at radius 2 is 1.88 bits per heavy atom. The zero-order chi connectivity index (χ0) is 12.8. The highest BCUT2D eigenvalue weighted by molar-refractivity contribution is 5.71. The van der Waals surface area contributed by atoms with Gasteiger partial charge in [-0.15, -0.1) is 0 Å². The van der Waals surface area contributed by atoms with Crippen LogP contribution in [0.5, 0.6) is 0 Å². The molecule has 0 heterocycles. The molecule has 0 aromatic heterocycles. The molecule has 0 amide bonds. The molecule has 0 aliphatic rings. The van der Waals surface area contributed by atoms with Crippen LogP contribution >= 0.6 is 0 Å². The van der Waals surface area contributed by atoms with Crippen molar-refractivity contribution in [2.24, 2.45) is 10.7 Å². The van der Waals surface area contributed by atoms with Gasteiger partial charge >= 0.3 is 0 Å². The van der Waals surface area contributed by atoms with Crippen molar-refractivity contribution >= 4 is 6.02 Å². The summed E-state index contributed by atoms with van der Waals surface area (Å²) in [5.74, 6) is 0. The van der Waals surface area contributed by atoms with Gasteiger partial charge in [-0.2, -0.15) is 0 Å². The number of ether oxygens (including phenoxy) is 1. The number of hydrogen-bond donors (Lipinski definition) is 2. The van der Waals surface area contributed by atoms with Gasteiger partial charge in [0, 0.05) is 6.54 Å². The number of amidine groups is 1. The van der Waals surface area contributed by atoms with Crippen molar-refractivity contribution in [2.45, 2.75) is 38.5 Å². The number of nitrogens with two attached hydrogens (primary N) is 1. The standard InChI is InChI=1S/C13H27N3O/c1-15-11-9-7-5-3-4-6-8-10-12-16-13(14)17-2/h4,6,15H,3,5,7-12H2,1-2H3,(H2,14,16)/b6-4+. The van der Waals surface area contributed by atoms with Gasteiger partial charge in [0.05, 0.1) is 7.11 Å². The maximum absolute atomic E-state index is 5.40. The van der Waals surface area contributed by atoms with Crippen LogP contribution in [0.15, 0.2) is 17.1 Å². The normalized spacial score (nSPS) is 12.2. The Labute approximate surface area is 105 Å². The van der Waals surface area contributed by atoms with Gasteiger partial charge in [0.25, 0.3) is 6.02 Å². The first kappa shape index (κ1) is 16.0. The zero-order valence-corrected chi connectivity index (χ0v) is 11.2. The third kappa shape index (κ3) is 12.9. The summed E-state index contributed by atoms with van der Waals surface area (Å²) in [4.78, 5) is 4.04. The highest BCUT2D eigenvalue weighted by atomic mass is 16.5. The van der Waals surface area contributed by atoms with Crippen molar-refractivity contribution in [2.75, 3.05) is 27.2 Å². The predicted molar refractivity (Wildman–Crippen MR) is 74.3 cm³/mol. The summed E-state index contributed by atoms with van der Waals surface area (Å²) >= 11 is 0. The Balaban J connectivity index is 3.20. The molecule has 0 aromatic carbocycles. The zero-order valence-electron chi connectivity index (χ0n) is 11.2. The lowest BCUT2D eigenvalue weighted by Gasteiger charge is -1.98. The molecule has 4 heteroatoms. The number of methoxy groups -OCH3 is 1. The first-order valence-electron chi connectivity index (χ1n) is 6.44. The van der Waals surface area contributed by atoms with Crippen LogP contribution < -0.4 is 11.1 Å². The monoisotopic (exact) mass is 241 g/mol. The topological polar surface area (TPSA) is 59.6 Å². The second-order valence-corrected chi connectivity index (χ2v) is 3.99. The Kier molecular flexibility index (Phi) is 12.2. The molecule has 3 N–H and O–H groups in total. The van der Waals surface area contributed by atoms with E-state index in [2.05, 4.69) is 22.5 Å². The van der Waals surface area contributed by atoms with Gasteiger partial charge in [0.2, 0.25) is 0 Å². The first-order chi connectivity index (χ1) is 8.31. The number of nitrogens with one attached hydrogen (secondary N) is 1. The fourth-order valence-corrected chi connectivity index (χ4v) is 1.44. The lowest BCUT2D eigenvalue weighted by molar-refractivity contribution is 0.394. The molecule has 0 aliphatic carbocycles. The molecule has 0 aliphatic heterocycles. The number of nitrogens with zero attached hydrogens (tertiary/aromatic N) is 1. The van der Waals surface area contributed by atoms with E-state index in [9.17, 15) is 0 Å². The summed E-state index contributed by atoms with van der Waals surface area (Å²) in [5.41, 5.74) is 5.40. The van der Waals surface area contributed by atoms with Gasteiger partial charge in [-0.3, -0.25) is 0 Å². The van der Waals surface area contributed by atoms with Crippen molar-refractivity contribution in [3.05, 3.63) is 12.2 Å². The number of hydrogen-bond acceptors (Lipinski definition) is 3. The molecule has 4 nitrogen and oxygen atoms in total. The summed E-state index contributed by atoms with van der Waals surface area (Å²) in [5, 5.41) is 3.16. The van der Waals surface area contributed by atoms with Crippen LogP contribution in [-0.2, 0) is 4.74 Å². The van der Waals surface area contributed by atoms with Gasteiger partial charge < -0.3 is 15.8 Å². The van der Waals surface area contributed by atoms with E-state index in [0.717, 1.165) is 25.9 Å². The Morgan fingerprint density at radius 3 is 2.53 bits per heavy atom. The minimum atomic E-state index is 0.276. The highest BCUT2D eigenvalue weighted by Gasteiger charge is 1.88. The van der Waals surface area contributed by atoms with Crippen molar-refractivity contribution in [3.8, 4) is 0 Å². The molecule has 0 unspecified atom stereocenters. The lowest BCUT2D eigenvalue weighted by atomic mass is 10.1. The van der Waals surface area contributed by atoms with Crippen LogP contribution in [0, 0.1) is 0 Å². The van der Waals surface area contributed by atoms with Crippen LogP contribution in [0.4, 0.5) is 0 Å². The van der Waals surface area contributed by atoms with E-state index >= 15 is 0 Å². The summed E-state index contributed by atoms with van der Waals surface area (Å²) in [6.07, 6.45) is 11.6. The highest BCUT2D eigenvalue weighted by Crippen LogP contribution is 2.01. The maximum atomic E-state index is 5.40. The number of unbranched alkanes of at least 4 members (excludes halogenated alkanes) is 4. The van der Waals surface area contributed by atoms with Crippen LogP contribution in [0.2, 0.25) is 0 Å². The van der Waals surface area contributed by atoms with Gasteiger partial charge in [-0.1, -0.05) is 18.6 Å². The van der Waals surface area contributed by atoms with Gasteiger partial charge in [0.15, 0.2) is 0 Å². The van der Waals surface area contributed by atoms with E-state index in [4.69, 9.17) is 10.5 Å². The second kappa shape index (κ2) is 13.0. The Bertz CT molecular complexity index is 215. The van der Waals surface area contributed by atoms with E-state index in [1.54, 1.807) is 0 Å². The number of allylic oxidation sites excluding steroid dienone is 2. The third-order valence-corrected chi connectivity index (χ3v) is 2.47. The van der Waals surface area contributed by atoms with Gasteiger partial charge in [-0.05, 0) is 45.7 Å². The van der Waals surface area contributed by atoms with Crippen LogP contribution in [0.25, 0.3) is 0 Å². The molecule has 0 fully saturated rings. The number of rotatable bonds is 10. The minimum Gasteiger partial charge on any atom is -0.469 e. The van der Waals surface area contributed by atoms with E-state index < -0.39 is 0 Å². The van der Waals surface area contributed by atoms with E-state index in [-0.39, 0.29) is 6.02 Å². The molecule has 0 atom stereocenters. The molecule has 0 saturated carbocycles. The van der Waals surface area contributed by atoms with Crippen LogP contribution in [0.3, 0.4) is 0 Å². The van der Waals surface area contributed by atoms with E-state index in [1.807, 2.05) is 7.05 Å². The SMILES string of the molecule is CNCCCCC/C=C/CCCN=C(N)OC. The average Bonchev–Trinajstić information content (AvgIpc) is 2.35. The van der Waals surface area contributed by atoms with Crippen LogP contribution in [0.1, 0.15) is 38.5 Å². The fourth-order valence-electron chi connectivity index (χ4n) is 1.44. The maximum Gasteiger partial charge on any atom is 0.281 e. The minimum absolute atomic E-state index is 0.276. The second-order valence-electron chi connectivity index (χ2n) is 3.99. The van der Waals surface area contributed by atoms with E-state index in [1.165, 1.54) is 32.8 Å². The summed E-state index contributed by atoms with van der Waals surface area (Å²) in [6, 6.07) is 0.276. The molecule has 0 spiro atoms. The average molecular weight is 241 g/mol.